The monoisotopic (exact) mass is 421 g/mol. The number of nitrogens with one attached hydrogen (secondary N) is 1. The Hall–Kier alpha value is -3.08. The van der Waals surface area contributed by atoms with Crippen LogP contribution in [0.1, 0.15) is 16.1 Å². The Morgan fingerprint density at radius 3 is 2.21 bits per heavy atom. The number of hydrogen-bond donors (Lipinski definition) is 1. The molecule has 0 unspecified atom stereocenters. The van der Waals surface area contributed by atoms with Crippen LogP contribution in [0.25, 0.3) is 16.9 Å². The summed E-state index contributed by atoms with van der Waals surface area (Å²) in [5, 5.41) is 8.47. The molecule has 0 fully saturated rings. The molecule has 6 heteroatoms. The van der Waals surface area contributed by atoms with Crippen LogP contribution in [0, 0.1) is 6.92 Å². The second kappa shape index (κ2) is 8.11. The van der Waals surface area contributed by atoms with Gasteiger partial charge in [-0.25, -0.2) is 4.68 Å². The Kier molecular flexibility index (Phi) is 5.38. The van der Waals surface area contributed by atoms with Crippen molar-refractivity contribution < 1.29 is 4.79 Å². The zero-order valence-corrected chi connectivity index (χ0v) is 17.1. The Morgan fingerprint density at radius 2 is 1.55 bits per heavy atom. The van der Waals surface area contributed by atoms with E-state index in [0.717, 1.165) is 16.9 Å². The third-order valence-electron chi connectivity index (χ3n) is 4.57. The number of benzene rings is 3. The summed E-state index contributed by atoms with van der Waals surface area (Å²) < 4.78 is 1.78. The largest absolute Gasteiger partial charge is 0.322 e. The first kappa shape index (κ1) is 19.2. The maximum absolute atomic E-state index is 13.2. The van der Waals surface area contributed by atoms with Crippen LogP contribution in [0.4, 0.5) is 5.69 Å². The summed E-state index contributed by atoms with van der Waals surface area (Å²) in [5.74, 6) is -0.262. The van der Waals surface area contributed by atoms with Crippen molar-refractivity contribution in [1.29, 1.82) is 0 Å². The fraction of sp³-hybridized carbons (Fsp3) is 0.0435. The fourth-order valence-electron chi connectivity index (χ4n) is 3.16. The molecule has 1 heterocycles. The summed E-state index contributed by atoms with van der Waals surface area (Å²) in [6, 6.07) is 24.4. The molecule has 3 aromatic carbocycles. The molecular weight excluding hydrogens is 405 g/mol. The lowest BCUT2D eigenvalue weighted by molar-refractivity contribution is 0.102. The van der Waals surface area contributed by atoms with Crippen molar-refractivity contribution in [2.45, 2.75) is 6.92 Å². The Bertz CT molecular complexity index is 1170. The van der Waals surface area contributed by atoms with Gasteiger partial charge in [0.1, 0.15) is 5.69 Å². The molecule has 0 aliphatic carbocycles. The molecule has 4 aromatic rings. The van der Waals surface area contributed by atoms with Crippen molar-refractivity contribution in [3.63, 3.8) is 0 Å². The van der Waals surface area contributed by atoms with Gasteiger partial charge < -0.3 is 5.32 Å². The van der Waals surface area contributed by atoms with Crippen molar-refractivity contribution in [2.75, 3.05) is 5.32 Å². The number of anilines is 1. The molecule has 0 spiro atoms. The standard InChI is InChI=1S/C23H17Cl2N3O/c1-15-21(23(29)26-17-12-13-19(24)20(25)14-17)22(16-8-4-2-5-9-16)27-28(15)18-10-6-3-7-11-18/h2-14H,1H3,(H,26,29). The predicted molar refractivity (Wildman–Crippen MR) is 118 cm³/mol. The minimum absolute atomic E-state index is 0.262. The van der Waals surface area contributed by atoms with E-state index in [1.54, 1.807) is 22.9 Å². The van der Waals surface area contributed by atoms with Crippen LogP contribution in [0.2, 0.25) is 10.0 Å². The highest BCUT2D eigenvalue weighted by atomic mass is 35.5. The molecule has 1 N–H and O–H groups in total. The van der Waals surface area contributed by atoms with Crippen LogP contribution in [0.15, 0.2) is 78.9 Å². The molecule has 0 saturated heterocycles. The van der Waals surface area contributed by atoms with Crippen LogP contribution in [-0.2, 0) is 0 Å². The normalized spacial score (nSPS) is 10.7. The van der Waals surface area contributed by atoms with Crippen molar-refractivity contribution >= 4 is 34.8 Å². The van der Waals surface area contributed by atoms with E-state index in [1.807, 2.05) is 67.6 Å². The van der Waals surface area contributed by atoms with Gasteiger partial charge in [0.2, 0.25) is 0 Å². The van der Waals surface area contributed by atoms with E-state index in [2.05, 4.69) is 5.32 Å². The number of carbonyl (C=O) groups is 1. The van der Waals surface area contributed by atoms with E-state index in [1.165, 1.54) is 0 Å². The topological polar surface area (TPSA) is 46.9 Å². The first-order chi connectivity index (χ1) is 14.0. The van der Waals surface area contributed by atoms with Gasteiger partial charge in [0.15, 0.2) is 0 Å². The quantitative estimate of drug-likeness (QED) is 0.413. The van der Waals surface area contributed by atoms with Gasteiger partial charge in [-0.2, -0.15) is 5.10 Å². The SMILES string of the molecule is Cc1c(C(=O)Nc2ccc(Cl)c(Cl)c2)c(-c2ccccc2)nn1-c1ccccc1. The molecule has 4 nitrogen and oxygen atoms in total. The summed E-state index contributed by atoms with van der Waals surface area (Å²) in [5.41, 5.74) is 4.18. The molecule has 1 aromatic heterocycles. The van der Waals surface area contributed by atoms with Crippen molar-refractivity contribution in [2.24, 2.45) is 0 Å². The lowest BCUT2D eigenvalue weighted by Gasteiger charge is -2.08. The Balaban J connectivity index is 1.81. The highest BCUT2D eigenvalue weighted by Gasteiger charge is 2.23. The van der Waals surface area contributed by atoms with Gasteiger partial charge >= 0.3 is 0 Å². The molecule has 29 heavy (non-hydrogen) atoms. The average molecular weight is 422 g/mol. The lowest BCUT2D eigenvalue weighted by Crippen LogP contribution is -2.14. The number of rotatable bonds is 4. The minimum Gasteiger partial charge on any atom is -0.322 e. The first-order valence-electron chi connectivity index (χ1n) is 9.01. The molecule has 0 bridgehead atoms. The molecule has 0 saturated carbocycles. The highest BCUT2D eigenvalue weighted by Crippen LogP contribution is 2.29. The van der Waals surface area contributed by atoms with Crippen LogP contribution in [0.5, 0.6) is 0 Å². The third-order valence-corrected chi connectivity index (χ3v) is 5.31. The molecule has 0 aliphatic rings. The number of aromatic nitrogens is 2. The second-order valence-corrected chi connectivity index (χ2v) is 7.32. The van der Waals surface area contributed by atoms with Crippen LogP contribution < -0.4 is 5.32 Å². The summed E-state index contributed by atoms with van der Waals surface area (Å²) in [4.78, 5) is 13.2. The zero-order chi connectivity index (χ0) is 20.4. The van der Waals surface area contributed by atoms with E-state index in [4.69, 9.17) is 28.3 Å². The van der Waals surface area contributed by atoms with Crippen molar-refractivity contribution in [3.05, 3.63) is 100 Å². The van der Waals surface area contributed by atoms with E-state index >= 15 is 0 Å². The van der Waals surface area contributed by atoms with Gasteiger partial charge in [-0.1, -0.05) is 71.7 Å². The number of hydrogen-bond acceptors (Lipinski definition) is 2. The summed E-state index contributed by atoms with van der Waals surface area (Å²) >= 11 is 12.1. The van der Waals surface area contributed by atoms with E-state index in [-0.39, 0.29) is 5.91 Å². The smallest absolute Gasteiger partial charge is 0.259 e. The van der Waals surface area contributed by atoms with Gasteiger partial charge in [0, 0.05) is 11.3 Å². The molecular formula is C23H17Cl2N3O. The molecule has 0 aliphatic heterocycles. The molecule has 0 atom stereocenters. The summed E-state index contributed by atoms with van der Waals surface area (Å²) in [6.07, 6.45) is 0. The summed E-state index contributed by atoms with van der Waals surface area (Å²) in [6.45, 7) is 1.89. The molecule has 0 radical (unpaired) electrons. The van der Waals surface area contributed by atoms with E-state index in [9.17, 15) is 4.79 Å². The lowest BCUT2D eigenvalue weighted by atomic mass is 10.1. The predicted octanol–water partition coefficient (Wildman–Crippen LogP) is 6.41. The number of amides is 1. The van der Waals surface area contributed by atoms with Crippen LogP contribution in [-0.4, -0.2) is 15.7 Å². The first-order valence-corrected chi connectivity index (χ1v) is 9.77. The zero-order valence-electron chi connectivity index (χ0n) is 15.6. The van der Waals surface area contributed by atoms with E-state index in [0.29, 0.717) is 27.0 Å². The van der Waals surface area contributed by atoms with Crippen molar-refractivity contribution in [3.8, 4) is 16.9 Å². The fourth-order valence-corrected chi connectivity index (χ4v) is 3.46. The maximum Gasteiger partial charge on any atom is 0.259 e. The van der Waals surface area contributed by atoms with Crippen LogP contribution >= 0.6 is 23.2 Å². The third kappa shape index (κ3) is 3.90. The average Bonchev–Trinajstić information content (AvgIpc) is 3.09. The molecule has 1 amide bonds. The number of halogens is 2. The van der Waals surface area contributed by atoms with Gasteiger partial charge in [0.05, 0.1) is 27.0 Å². The van der Waals surface area contributed by atoms with E-state index < -0.39 is 0 Å². The second-order valence-electron chi connectivity index (χ2n) is 6.51. The minimum atomic E-state index is -0.262. The number of para-hydroxylation sites is 1. The van der Waals surface area contributed by atoms with Gasteiger partial charge in [-0.3, -0.25) is 4.79 Å². The summed E-state index contributed by atoms with van der Waals surface area (Å²) in [7, 11) is 0. The highest BCUT2D eigenvalue weighted by molar-refractivity contribution is 6.42. The Morgan fingerprint density at radius 1 is 0.897 bits per heavy atom. The van der Waals surface area contributed by atoms with Gasteiger partial charge in [-0.15, -0.1) is 0 Å². The van der Waals surface area contributed by atoms with Gasteiger partial charge in [-0.05, 0) is 37.3 Å². The molecule has 144 valence electrons. The maximum atomic E-state index is 13.2. The number of nitrogens with zero attached hydrogens (tertiary/aromatic N) is 2. The van der Waals surface area contributed by atoms with Gasteiger partial charge in [0.25, 0.3) is 5.91 Å². The van der Waals surface area contributed by atoms with Crippen LogP contribution in [0.3, 0.4) is 0 Å². The molecule has 4 rings (SSSR count). The van der Waals surface area contributed by atoms with Crippen molar-refractivity contribution in [1.82, 2.24) is 9.78 Å². The number of carbonyl (C=O) groups excluding carboxylic acids is 1. The Labute approximate surface area is 178 Å².